The highest BCUT2D eigenvalue weighted by atomic mass is 79.9. The smallest absolute Gasteiger partial charge is 0.320 e. The van der Waals surface area contributed by atoms with Crippen LogP contribution in [0.2, 0.25) is 0 Å². The molecule has 2 N–H and O–H groups in total. The molecule has 2 amide bonds. The van der Waals surface area contributed by atoms with Crippen LogP contribution in [0.15, 0.2) is 45.4 Å². The highest BCUT2D eigenvalue weighted by molar-refractivity contribution is 9.10. The van der Waals surface area contributed by atoms with Crippen molar-refractivity contribution in [1.29, 1.82) is 0 Å². The third-order valence-electron chi connectivity index (χ3n) is 10.6. The lowest BCUT2D eigenvalue weighted by Crippen LogP contribution is -2.46. The number of methoxy groups -OCH3 is 2. The largest absolute Gasteiger partial charge is 0.493 e. The van der Waals surface area contributed by atoms with E-state index in [0.29, 0.717) is 74.9 Å². The molecule has 2 aromatic carbocycles. The summed E-state index contributed by atoms with van der Waals surface area (Å²) in [5.41, 5.74) is 3.19. The summed E-state index contributed by atoms with van der Waals surface area (Å²) in [7, 11) is 3.27. The van der Waals surface area contributed by atoms with Crippen molar-refractivity contribution in [3.8, 4) is 23.0 Å². The minimum Gasteiger partial charge on any atom is -0.493 e. The summed E-state index contributed by atoms with van der Waals surface area (Å²) in [6.45, 7) is 1.90. The summed E-state index contributed by atoms with van der Waals surface area (Å²) in [5.74, 6) is 2.71. The summed E-state index contributed by atoms with van der Waals surface area (Å²) in [4.78, 5) is 18.5. The van der Waals surface area contributed by atoms with E-state index < -0.39 is 23.0 Å². The molecule has 4 unspecified atom stereocenters. The molecule has 4 aliphatic heterocycles. The van der Waals surface area contributed by atoms with E-state index in [1.54, 1.807) is 14.2 Å². The molecule has 0 radical (unpaired) electrons. The molecule has 4 heterocycles. The zero-order chi connectivity index (χ0) is 30.5. The van der Waals surface area contributed by atoms with Gasteiger partial charge in [-0.25, -0.2) is 4.79 Å². The number of hydrogen-bond acceptors (Lipinski definition) is 7. The van der Waals surface area contributed by atoms with E-state index in [9.17, 15) is 15.0 Å². The number of carbonyl (C=O) groups is 1. The lowest BCUT2D eigenvalue weighted by Gasteiger charge is -2.37. The van der Waals surface area contributed by atoms with Crippen molar-refractivity contribution in [2.75, 3.05) is 27.3 Å². The summed E-state index contributed by atoms with van der Waals surface area (Å²) >= 11 is 7.60. The van der Waals surface area contributed by atoms with E-state index in [0.717, 1.165) is 31.2 Å². The number of benzene rings is 2. The second kappa shape index (κ2) is 10.1. The molecule has 0 fully saturated rings. The average Bonchev–Trinajstić information content (AvgIpc) is 3.36. The van der Waals surface area contributed by atoms with E-state index in [4.69, 9.17) is 18.9 Å². The Morgan fingerprint density at radius 1 is 0.818 bits per heavy atom. The zero-order valence-corrected chi connectivity index (χ0v) is 27.7. The molecule has 6 aliphatic rings. The van der Waals surface area contributed by atoms with Crippen LogP contribution in [0.25, 0.3) is 0 Å². The van der Waals surface area contributed by atoms with E-state index in [-0.39, 0.29) is 18.2 Å². The molecule has 0 bridgehead atoms. The van der Waals surface area contributed by atoms with Crippen molar-refractivity contribution in [1.82, 2.24) is 9.80 Å². The number of urea groups is 1. The molecule has 2 aliphatic carbocycles. The van der Waals surface area contributed by atoms with Crippen LogP contribution in [0.1, 0.15) is 47.9 Å². The van der Waals surface area contributed by atoms with Crippen LogP contribution >= 0.6 is 31.9 Å². The van der Waals surface area contributed by atoms with Gasteiger partial charge in [0, 0.05) is 59.1 Å². The molecule has 6 atom stereocenters. The van der Waals surface area contributed by atoms with Crippen LogP contribution in [0.4, 0.5) is 4.79 Å². The molecule has 0 aromatic heterocycles. The van der Waals surface area contributed by atoms with Crippen LogP contribution in [-0.4, -0.2) is 77.8 Å². The number of aliphatic hydroxyl groups excluding tert-OH is 2. The van der Waals surface area contributed by atoms with Gasteiger partial charge in [0.1, 0.15) is 12.2 Å². The van der Waals surface area contributed by atoms with E-state index in [1.807, 2.05) is 34.1 Å². The van der Waals surface area contributed by atoms with Crippen molar-refractivity contribution in [3.63, 3.8) is 0 Å². The van der Waals surface area contributed by atoms with Crippen molar-refractivity contribution in [2.24, 2.45) is 0 Å². The molecule has 0 saturated heterocycles. The molecule has 2 spiro atoms. The van der Waals surface area contributed by atoms with Gasteiger partial charge < -0.3 is 39.0 Å². The number of carbonyl (C=O) groups excluding carboxylic acids is 1. The Labute approximate surface area is 272 Å². The molecule has 232 valence electrons. The summed E-state index contributed by atoms with van der Waals surface area (Å²) in [6.07, 6.45) is 8.57. The van der Waals surface area contributed by atoms with Gasteiger partial charge in [0.2, 0.25) is 0 Å². The number of rotatable bonds is 2. The van der Waals surface area contributed by atoms with E-state index in [1.165, 1.54) is 0 Å². The fraction of sp³-hybridized carbons (Fsp3) is 0.485. The molecular formula is C33H34Br2N2O7. The SMILES string of the molecule is COc1cc(Br)c2c3c1OC1C[C@@H](O)C=CC31CCN(C(=O)N1CCC34C=C[C@H](O)CC3Oc3c(OC)cc(Br)c(c34)C1)C2. The molecule has 0 saturated carbocycles. The van der Waals surface area contributed by atoms with Crippen LogP contribution in [-0.2, 0) is 23.9 Å². The summed E-state index contributed by atoms with van der Waals surface area (Å²) in [6, 6.07) is 3.81. The van der Waals surface area contributed by atoms with Crippen molar-refractivity contribution >= 4 is 37.9 Å². The lowest BCUT2D eigenvalue weighted by molar-refractivity contribution is 0.0774. The minimum absolute atomic E-state index is 0.0275. The van der Waals surface area contributed by atoms with Crippen molar-refractivity contribution < 1.29 is 34.0 Å². The molecule has 9 nitrogen and oxygen atoms in total. The highest BCUT2D eigenvalue weighted by Gasteiger charge is 2.56. The Hall–Kier alpha value is -2.73. The Kier molecular flexibility index (Phi) is 6.62. The van der Waals surface area contributed by atoms with E-state index >= 15 is 0 Å². The first kappa shape index (κ1) is 28.7. The third-order valence-corrected chi connectivity index (χ3v) is 12.0. The summed E-state index contributed by atoms with van der Waals surface area (Å²) < 4.78 is 26.2. The van der Waals surface area contributed by atoms with Gasteiger partial charge >= 0.3 is 6.03 Å². The van der Waals surface area contributed by atoms with Gasteiger partial charge in [-0.05, 0) is 36.1 Å². The first-order chi connectivity index (χ1) is 21.2. The Balaban J connectivity index is 1.18. The Morgan fingerprint density at radius 2 is 1.25 bits per heavy atom. The standard InChI is InChI=1S/C33H34Br2N2O7/c1-41-23-13-21(34)19-15-36(9-7-32-5-3-17(38)11-25(32)43-29(23)27(19)32)31(40)37-10-8-33-6-4-18(39)12-26(33)44-30-24(42-2)14-22(35)20(16-37)28(30)33/h3-6,13-14,17-18,25-26,38-39H,7-12,15-16H2,1-2H3/t17-,18-,25?,26?,32?,33?/m0/s1. The topological polar surface area (TPSA) is 101 Å². The highest BCUT2D eigenvalue weighted by Crippen LogP contribution is 2.59. The average molecular weight is 730 g/mol. The number of aliphatic hydroxyl groups is 2. The quantitative estimate of drug-likeness (QED) is 0.415. The fourth-order valence-corrected chi connectivity index (χ4v) is 9.51. The molecule has 11 heteroatoms. The maximum Gasteiger partial charge on any atom is 0.320 e. The van der Waals surface area contributed by atoms with E-state index in [2.05, 4.69) is 44.0 Å². The number of amides is 2. The van der Waals surface area contributed by atoms with Crippen LogP contribution in [0, 0.1) is 0 Å². The lowest BCUT2D eigenvalue weighted by atomic mass is 9.69. The van der Waals surface area contributed by atoms with Crippen LogP contribution < -0.4 is 18.9 Å². The first-order valence-electron chi connectivity index (χ1n) is 15.1. The van der Waals surface area contributed by atoms with Gasteiger partial charge in [-0.1, -0.05) is 56.2 Å². The normalized spacial score (nSPS) is 32.4. The van der Waals surface area contributed by atoms with Gasteiger partial charge in [-0.15, -0.1) is 0 Å². The number of ether oxygens (including phenoxy) is 4. The van der Waals surface area contributed by atoms with Gasteiger partial charge in [-0.3, -0.25) is 0 Å². The maximum atomic E-state index is 14.6. The Morgan fingerprint density at radius 3 is 1.66 bits per heavy atom. The summed E-state index contributed by atoms with van der Waals surface area (Å²) in [5, 5.41) is 21.0. The zero-order valence-electron chi connectivity index (χ0n) is 24.5. The van der Waals surface area contributed by atoms with Gasteiger partial charge in [0.05, 0.1) is 37.3 Å². The minimum atomic E-state index is -0.577. The van der Waals surface area contributed by atoms with Gasteiger partial charge in [0.25, 0.3) is 0 Å². The van der Waals surface area contributed by atoms with Crippen LogP contribution in [0.5, 0.6) is 23.0 Å². The first-order valence-corrected chi connectivity index (χ1v) is 16.7. The molecule has 2 aromatic rings. The van der Waals surface area contributed by atoms with Gasteiger partial charge in [0.15, 0.2) is 23.0 Å². The molecule has 8 rings (SSSR count). The maximum absolute atomic E-state index is 14.6. The monoisotopic (exact) mass is 728 g/mol. The molecular weight excluding hydrogens is 696 g/mol. The van der Waals surface area contributed by atoms with Crippen molar-refractivity contribution in [2.45, 2.75) is 74.0 Å². The van der Waals surface area contributed by atoms with Crippen molar-refractivity contribution in [3.05, 3.63) is 67.6 Å². The van der Waals surface area contributed by atoms with Gasteiger partial charge in [-0.2, -0.15) is 0 Å². The van der Waals surface area contributed by atoms with Crippen LogP contribution in [0.3, 0.4) is 0 Å². The number of nitrogens with zero attached hydrogens (tertiary/aromatic N) is 2. The predicted octanol–water partition coefficient (Wildman–Crippen LogP) is 5.10. The third kappa shape index (κ3) is 3.91. The number of hydrogen-bond donors (Lipinski definition) is 2. The molecule has 44 heavy (non-hydrogen) atoms. The Bertz CT molecular complexity index is 1530. The fourth-order valence-electron chi connectivity index (χ4n) is 8.45. The second-order valence-electron chi connectivity index (χ2n) is 12.7. The number of halogens is 2. The predicted molar refractivity (Wildman–Crippen MR) is 169 cm³/mol. The second-order valence-corrected chi connectivity index (χ2v) is 14.4.